The van der Waals surface area contributed by atoms with Crippen molar-refractivity contribution >= 4 is 23.2 Å². The van der Waals surface area contributed by atoms with Crippen molar-refractivity contribution in [2.24, 2.45) is 5.92 Å². The van der Waals surface area contributed by atoms with E-state index in [1.807, 2.05) is 0 Å². The van der Waals surface area contributed by atoms with E-state index < -0.39 is 52.7 Å². The lowest BCUT2D eigenvalue weighted by Gasteiger charge is -2.34. The number of anilines is 2. The summed E-state index contributed by atoms with van der Waals surface area (Å²) in [5.74, 6) is -5.18. The summed E-state index contributed by atoms with van der Waals surface area (Å²) in [6, 6.07) is 6.44. The number of hydrogen-bond acceptors (Lipinski definition) is 5. The molecule has 2 aromatic heterocycles. The van der Waals surface area contributed by atoms with Crippen LogP contribution in [0.4, 0.5) is 24.5 Å². The number of pyridine rings is 2. The molecule has 4 rings (SSSR count). The van der Waals surface area contributed by atoms with Gasteiger partial charge in [0.05, 0.1) is 23.1 Å². The number of rotatable bonds is 7. The van der Waals surface area contributed by atoms with Gasteiger partial charge < -0.3 is 10.1 Å². The van der Waals surface area contributed by atoms with Crippen LogP contribution in [0.25, 0.3) is 11.3 Å². The van der Waals surface area contributed by atoms with E-state index in [1.165, 1.54) is 11.1 Å². The van der Waals surface area contributed by atoms with Gasteiger partial charge in [-0.2, -0.15) is 0 Å². The molecule has 206 valence electrons. The molecule has 7 nitrogen and oxygen atoms in total. The summed E-state index contributed by atoms with van der Waals surface area (Å²) in [6.07, 6.45) is 4.71. The quantitative estimate of drug-likeness (QED) is 0.372. The molecule has 0 bridgehead atoms. The molecule has 10 heteroatoms. The average molecular weight is 541 g/mol. The van der Waals surface area contributed by atoms with E-state index in [4.69, 9.17) is 4.74 Å². The van der Waals surface area contributed by atoms with Crippen molar-refractivity contribution in [3.63, 3.8) is 0 Å². The highest BCUT2D eigenvalue weighted by molar-refractivity contribution is 6.06. The molecule has 1 aliphatic heterocycles. The van der Waals surface area contributed by atoms with Gasteiger partial charge in [-0.25, -0.2) is 18.2 Å². The van der Waals surface area contributed by atoms with E-state index in [9.17, 15) is 9.59 Å². The van der Waals surface area contributed by atoms with Crippen LogP contribution in [-0.4, -0.2) is 34.6 Å². The molecule has 2 amide bonds. The molecule has 3 heterocycles. The summed E-state index contributed by atoms with van der Waals surface area (Å²) in [5.41, 5.74) is -1.20. The van der Waals surface area contributed by atoms with Crippen molar-refractivity contribution in [2.75, 3.05) is 16.8 Å². The summed E-state index contributed by atoms with van der Waals surface area (Å²) in [7, 11) is 0. The molecule has 0 aliphatic carbocycles. The van der Waals surface area contributed by atoms with Crippen LogP contribution in [0.1, 0.15) is 68.9 Å². The molecule has 1 aromatic carbocycles. The van der Waals surface area contributed by atoms with Gasteiger partial charge in [0.2, 0.25) is 5.91 Å². The first kappa shape index (κ1) is 28.2. The van der Waals surface area contributed by atoms with Gasteiger partial charge in [0.15, 0.2) is 5.82 Å². The summed E-state index contributed by atoms with van der Waals surface area (Å²) in [4.78, 5) is 36.0. The van der Waals surface area contributed by atoms with Crippen molar-refractivity contribution in [1.82, 2.24) is 9.97 Å². The van der Waals surface area contributed by atoms with Gasteiger partial charge in [0.25, 0.3) is 5.91 Å². The number of amides is 2. The summed E-state index contributed by atoms with van der Waals surface area (Å²) in [5, 5.41) is 2.39. The first-order valence-electron chi connectivity index (χ1n) is 12.9. The third kappa shape index (κ3) is 5.95. The first-order valence-corrected chi connectivity index (χ1v) is 12.9. The highest BCUT2D eigenvalue weighted by Crippen LogP contribution is 2.35. The smallest absolute Gasteiger partial charge is 0.279 e. The average Bonchev–Trinajstić information content (AvgIpc) is 2.92. The Bertz CT molecular complexity index is 1360. The van der Waals surface area contributed by atoms with E-state index in [-0.39, 0.29) is 22.9 Å². The summed E-state index contributed by atoms with van der Waals surface area (Å²) in [6.45, 7) is 7.22. The van der Waals surface area contributed by atoms with Gasteiger partial charge in [-0.1, -0.05) is 27.7 Å². The maximum absolute atomic E-state index is 15.5. The lowest BCUT2D eigenvalue weighted by atomic mass is 9.97. The second-order valence-corrected chi connectivity index (χ2v) is 10.0. The Morgan fingerprint density at radius 2 is 1.85 bits per heavy atom. The fourth-order valence-corrected chi connectivity index (χ4v) is 4.38. The number of ether oxygens (including phenoxy) is 1. The minimum Gasteiger partial charge on any atom is -0.358 e. The van der Waals surface area contributed by atoms with E-state index >= 15 is 13.2 Å². The minimum atomic E-state index is -1.19. The van der Waals surface area contributed by atoms with Crippen molar-refractivity contribution < 1.29 is 27.5 Å². The SMILES string of the molecule is CC(C)C(=O)Nc1ccc(F)c(-c2nc(C(=O)N(c3cccnc3)C3CCCCO3)c(C(C)C)cc2F)c1F. The molecular weight excluding hydrogens is 509 g/mol. The van der Waals surface area contributed by atoms with Crippen LogP contribution >= 0.6 is 0 Å². The van der Waals surface area contributed by atoms with Crippen LogP contribution in [0, 0.1) is 23.4 Å². The third-order valence-electron chi connectivity index (χ3n) is 6.53. The number of nitrogens with zero attached hydrogens (tertiary/aromatic N) is 3. The Hall–Kier alpha value is -3.79. The standard InChI is InChI=1S/C29H31F3N4O3/c1-16(2)19-14-21(31)27(24-20(30)10-11-22(25(24)32)34-28(37)17(3)4)35-26(19)29(38)36(18-8-7-12-33-15-18)23-9-5-6-13-39-23/h7-8,10-12,14-17,23H,5-6,9,13H2,1-4H3,(H,34,37). The number of halogens is 3. The molecule has 3 aromatic rings. The Labute approximate surface area is 225 Å². The van der Waals surface area contributed by atoms with Crippen molar-refractivity contribution in [2.45, 2.75) is 59.1 Å². The molecule has 1 fully saturated rings. The summed E-state index contributed by atoms with van der Waals surface area (Å²) >= 11 is 0. The zero-order valence-corrected chi connectivity index (χ0v) is 22.3. The molecule has 39 heavy (non-hydrogen) atoms. The topological polar surface area (TPSA) is 84.4 Å². The number of carbonyl (C=O) groups is 2. The fraction of sp³-hybridized carbons (Fsp3) is 0.379. The maximum Gasteiger partial charge on any atom is 0.279 e. The zero-order chi connectivity index (χ0) is 28.3. The van der Waals surface area contributed by atoms with Gasteiger partial charge >= 0.3 is 0 Å². The second kappa shape index (κ2) is 11.9. The molecule has 0 spiro atoms. The Morgan fingerprint density at radius 3 is 2.46 bits per heavy atom. The van der Waals surface area contributed by atoms with E-state index in [1.54, 1.807) is 46.0 Å². The highest BCUT2D eigenvalue weighted by atomic mass is 19.1. The molecule has 1 N–H and O–H groups in total. The lowest BCUT2D eigenvalue weighted by Crippen LogP contribution is -2.44. The van der Waals surface area contributed by atoms with E-state index in [2.05, 4.69) is 15.3 Å². The largest absolute Gasteiger partial charge is 0.358 e. The molecule has 1 unspecified atom stereocenters. The molecule has 1 saturated heterocycles. The number of aromatic nitrogens is 2. The minimum absolute atomic E-state index is 0.158. The van der Waals surface area contributed by atoms with Crippen molar-refractivity contribution in [1.29, 1.82) is 0 Å². The number of hydrogen-bond donors (Lipinski definition) is 1. The fourth-order valence-electron chi connectivity index (χ4n) is 4.38. The van der Waals surface area contributed by atoms with Crippen LogP contribution in [0.3, 0.4) is 0 Å². The lowest BCUT2D eigenvalue weighted by molar-refractivity contribution is -0.118. The number of nitrogens with one attached hydrogen (secondary N) is 1. The van der Waals surface area contributed by atoms with Crippen LogP contribution in [0.2, 0.25) is 0 Å². The van der Waals surface area contributed by atoms with Gasteiger partial charge in [-0.05, 0) is 61.1 Å². The zero-order valence-electron chi connectivity index (χ0n) is 22.3. The number of benzene rings is 1. The third-order valence-corrected chi connectivity index (χ3v) is 6.53. The van der Waals surface area contributed by atoms with E-state index in [0.717, 1.165) is 31.0 Å². The number of carbonyl (C=O) groups excluding carboxylic acids is 2. The Balaban J connectivity index is 1.87. The predicted molar refractivity (Wildman–Crippen MR) is 142 cm³/mol. The Kier molecular flexibility index (Phi) is 8.64. The second-order valence-electron chi connectivity index (χ2n) is 10.0. The molecule has 1 atom stereocenters. The highest BCUT2D eigenvalue weighted by Gasteiger charge is 2.33. The van der Waals surface area contributed by atoms with Crippen molar-refractivity contribution in [3.8, 4) is 11.3 Å². The van der Waals surface area contributed by atoms with Gasteiger partial charge in [0, 0.05) is 18.7 Å². The van der Waals surface area contributed by atoms with Crippen LogP contribution in [-0.2, 0) is 9.53 Å². The first-order chi connectivity index (χ1) is 18.6. The van der Waals surface area contributed by atoms with E-state index in [0.29, 0.717) is 18.7 Å². The molecular formula is C29H31F3N4O3. The Morgan fingerprint density at radius 1 is 1.08 bits per heavy atom. The molecule has 0 saturated carbocycles. The normalized spacial score (nSPS) is 15.5. The van der Waals surface area contributed by atoms with Crippen molar-refractivity contribution in [3.05, 3.63) is 71.4 Å². The van der Waals surface area contributed by atoms with Crippen LogP contribution in [0.5, 0.6) is 0 Å². The van der Waals surface area contributed by atoms with Crippen LogP contribution < -0.4 is 10.2 Å². The van der Waals surface area contributed by atoms with Gasteiger partial charge in [-0.15, -0.1) is 0 Å². The monoisotopic (exact) mass is 540 g/mol. The van der Waals surface area contributed by atoms with Gasteiger partial charge in [0.1, 0.15) is 29.3 Å². The molecule has 1 aliphatic rings. The van der Waals surface area contributed by atoms with Crippen LogP contribution in [0.15, 0.2) is 42.7 Å². The predicted octanol–water partition coefficient (Wildman–Crippen LogP) is 6.45. The summed E-state index contributed by atoms with van der Waals surface area (Å²) < 4.78 is 51.9. The van der Waals surface area contributed by atoms with Gasteiger partial charge in [-0.3, -0.25) is 19.5 Å². The molecule has 0 radical (unpaired) electrons. The maximum atomic E-state index is 15.5.